The number of methoxy groups -OCH3 is 2. The Labute approximate surface area is 195 Å². The Morgan fingerprint density at radius 2 is 2.03 bits per heavy atom. The standard InChI is InChI=1S/C23H24N4O3S2/c1-28-15-10-11-16(19(13-15)29-2)21-25-27(23(31)30-21)14-26-12-6-5-8-18(26)22-24-17-7-3-4-9-20(17)32-22/h3-4,7,9-11,13,18H,5-6,8,12,14H2,1-2H3. The number of benzene rings is 2. The summed E-state index contributed by atoms with van der Waals surface area (Å²) < 4.78 is 19.6. The van der Waals surface area contributed by atoms with E-state index in [4.69, 9.17) is 31.1 Å². The van der Waals surface area contributed by atoms with Crippen LogP contribution < -0.4 is 9.47 Å². The molecule has 0 bridgehead atoms. The molecule has 7 nitrogen and oxygen atoms in total. The number of nitrogens with zero attached hydrogens (tertiary/aromatic N) is 4. The molecule has 4 aromatic rings. The van der Waals surface area contributed by atoms with E-state index >= 15 is 0 Å². The summed E-state index contributed by atoms with van der Waals surface area (Å²) in [6, 6.07) is 14.1. The van der Waals surface area contributed by atoms with Crippen LogP contribution in [-0.4, -0.2) is 40.4 Å². The second kappa shape index (κ2) is 9.01. The van der Waals surface area contributed by atoms with Crippen LogP contribution in [-0.2, 0) is 6.67 Å². The van der Waals surface area contributed by atoms with Gasteiger partial charge in [0.2, 0.25) is 0 Å². The van der Waals surface area contributed by atoms with E-state index in [0.717, 1.165) is 35.5 Å². The van der Waals surface area contributed by atoms with Crippen LogP contribution in [0.1, 0.15) is 30.3 Å². The Morgan fingerprint density at radius 3 is 2.84 bits per heavy atom. The lowest BCUT2D eigenvalue weighted by molar-refractivity contribution is 0.102. The minimum Gasteiger partial charge on any atom is -0.497 e. The molecule has 1 unspecified atom stereocenters. The molecule has 2 aromatic heterocycles. The van der Waals surface area contributed by atoms with E-state index < -0.39 is 0 Å². The zero-order chi connectivity index (χ0) is 22.1. The van der Waals surface area contributed by atoms with Gasteiger partial charge in [0.1, 0.15) is 16.5 Å². The molecule has 0 aliphatic carbocycles. The van der Waals surface area contributed by atoms with Crippen molar-refractivity contribution in [3.63, 3.8) is 0 Å². The Bertz CT molecular complexity index is 1260. The zero-order valence-electron chi connectivity index (χ0n) is 18.0. The van der Waals surface area contributed by atoms with Crippen LogP contribution in [0.5, 0.6) is 11.5 Å². The molecule has 9 heteroatoms. The Hall–Kier alpha value is -2.75. The van der Waals surface area contributed by atoms with Crippen molar-refractivity contribution in [3.8, 4) is 23.0 Å². The number of rotatable bonds is 6. The SMILES string of the molecule is COc1ccc(-c2nn(CN3CCCCC3c3nc4ccccc4s3)c(=S)o2)c(OC)c1. The number of para-hydroxylation sites is 1. The maximum absolute atomic E-state index is 5.85. The summed E-state index contributed by atoms with van der Waals surface area (Å²) in [6.07, 6.45) is 3.41. The van der Waals surface area contributed by atoms with Crippen molar-refractivity contribution in [1.82, 2.24) is 19.7 Å². The van der Waals surface area contributed by atoms with Gasteiger partial charge in [0.15, 0.2) is 0 Å². The number of ether oxygens (including phenoxy) is 2. The minimum atomic E-state index is 0.249. The summed E-state index contributed by atoms with van der Waals surface area (Å²) in [4.78, 5) is 7.65. The fraction of sp³-hybridized carbons (Fsp3) is 0.348. The van der Waals surface area contributed by atoms with Crippen LogP contribution in [0.3, 0.4) is 0 Å². The molecule has 0 radical (unpaired) electrons. The van der Waals surface area contributed by atoms with Crippen molar-refractivity contribution in [2.24, 2.45) is 0 Å². The molecule has 0 N–H and O–H groups in total. The monoisotopic (exact) mass is 468 g/mol. The number of hydrogen-bond acceptors (Lipinski definition) is 8. The van der Waals surface area contributed by atoms with Gasteiger partial charge in [-0.1, -0.05) is 18.6 Å². The third-order valence-electron chi connectivity index (χ3n) is 5.77. The summed E-state index contributed by atoms with van der Waals surface area (Å²) >= 11 is 7.28. The van der Waals surface area contributed by atoms with Crippen LogP contribution in [0, 0.1) is 4.84 Å². The first-order valence-electron chi connectivity index (χ1n) is 10.6. The molecule has 2 aromatic carbocycles. The topological polar surface area (TPSA) is 65.5 Å². The second-order valence-corrected chi connectivity index (χ2v) is 9.14. The molecule has 3 heterocycles. The van der Waals surface area contributed by atoms with Gasteiger partial charge in [-0.05, 0) is 49.3 Å². The molecule has 1 aliphatic heterocycles. The summed E-state index contributed by atoms with van der Waals surface area (Å²) in [6.45, 7) is 1.53. The minimum absolute atomic E-state index is 0.249. The quantitative estimate of drug-likeness (QED) is 0.337. The van der Waals surface area contributed by atoms with Gasteiger partial charge >= 0.3 is 0 Å². The molecule has 5 rings (SSSR count). The van der Waals surface area contributed by atoms with E-state index in [1.54, 1.807) is 36.3 Å². The number of likely N-dealkylation sites (tertiary alicyclic amines) is 1. The smallest absolute Gasteiger partial charge is 0.288 e. The van der Waals surface area contributed by atoms with Crippen molar-refractivity contribution in [1.29, 1.82) is 0 Å². The van der Waals surface area contributed by atoms with Gasteiger partial charge < -0.3 is 13.9 Å². The molecule has 0 amide bonds. The van der Waals surface area contributed by atoms with Crippen molar-refractivity contribution in [3.05, 3.63) is 52.3 Å². The Morgan fingerprint density at radius 1 is 1.16 bits per heavy atom. The molecule has 32 heavy (non-hydrogen) atoms. The highest BCUT2D eigenvalue weighted by molar-refractivity contribution is 7.71. The molecule has 1 atom stereocenters. The van der Waals surface area contributed by atoms with E-state index in [-0.39, 0.29) is 6.04 Å². The lowest BCUT2D eigenvalue weighted by Crippen LogP contribution is -2.35. The number of fused-ring (bicyclic) bond motifs is 1. The fourth-order valence-electron chi connectivity index (χ4n) is 4.12. The molecular weight excluding hydrogens is 444 g/mol. The van der Waals surface area contributed by atoms with Gasteiger partial charge in [0, 0.05) is 12.6 Å². The highest BCUT2D eigenvalue weighted by Crippen LogP contribution is 2.36. The highest BCUT2D eigenvalue weighted by atomic mass is 32.1. The van der Waals surface area contributed by atoms with Crippen molar-refractivity contribution in [2.75, 3.05) is 20.8 Å². The van der Waals surface area contributed by atoms with Crippen LogP contribution in [0.4, 0.5) is 0 Å². The van der Waals surface area contributed by atoms with E-state index in [9.17, 15) is 0 Å². The zero-order valence-corrected chi connectivity index (χ0v) is 19.6. The van der Waals surface area contributed by atoms with Gasteiger partial charge in [-0.25, -0.2) is 9.67 Å². The molecule has 1 fully saturated rings. The van der Waals surface area contributed by atoms with Gasteiger partial charge in [-0.15, -0.1) is 16.4 Å². The third kappa shape index (κ3) is 4.03. The van der Waals surface area contributed by atoms with Crippen molar-refractivity contribution in [2.45, 2.75) is 32.0 Å². The summed E-state index contributed by atoms with van der Waals surface area (Å²) in [7, 11) is 3.23. The van der Waals surface area contributed by atoms with E-state index in [1.165, 1.54) is 11.1 Å². The van der Waals surface area contributed by atoms with Gasteiger partial charge in [0.05, 0.1) is 42.7 Å². The molecule has 166 valence electrons. The van der Waals surface area contributed by atoms with Crippen LogP contribution >= 0.6 is 23.6 Å². The maximum Gasteiger partial charge on any atom is 0.288 e. The number of hydrogen-bond donors (Lipinski definition) is 0. The van der Waals surface area contributed by atoms with Crippen molar-refractivity contribution < 1.29 is 13.9 Å². The van der Waals surface area contributed by atoms with Crippen LogP contribution in [0.2, 0.25) is 0 Å². The normalized spacial score (nSPS) is 17.0. The lowest BCUT2D eigenvalue weighted by Gasteiger charge is -2.33. The van der Waals surface area contributed by atoms with Gasteiger partial charge in [0.25, 0.3) is 10.7 Å². The Kier molecular flexibility index (Phi) is 5.95. The summed E-state index contributed by atoms with van der Waals surface area (Å²) in [5.41, 5.74) is 1.80. The van der Waals surface area contributed by atoms with E-state index in [1.807, 2.05) is 18.2 Å². The highest BCUT2D eigenvalue weighted by Gasteiger charge is 2.28. The molecule has 0 spiro atoms. The van der Waals surface area contributed by atoms with E-state index in [2.05, 4.69) is 28.2 Å². The molecular formula is C23H24N4O3S2. The average Bonchev–Trinajstić information content (AvgIpc) is 3.42. The van der Waals surface area contributed by atoms with Gasteiger partial charge in [-0.3, -0.25) is 4.90 Å². The maximum atomic E-state index is 5.85. The number of aromatic nitrogens is 3. The first kappa shape index (κ1) is 21.1. The largest absolute Gasteiger partial charge is 0.497 e. The third-order valence-corrected chi connectivity index (χ3v) is 7.20. The second-order valence-electron chi connectivity index (χ2n) is 7.72. The first-order valence-corrected chi connectivity index (χ1v) is 11.8. The van der Waals surface area contributed by atoms with Gasteiger partial charge in [-0.2, -0.15) is 0 Å². The van der Waals surface area contributed by atoms with Crippen LogP contribution in [0.25, 0.3) is 21.7 Å². The number of thiazole rings is 1. The predicted molar refractivity (Wildman–Crippen MR) is 127 cm³/mol. The molecule has 0 saturated carbocycles. The number of piperidine rings is 1. The first-order chi connectivity index (χ1) is 15.7. The lowest BCUT2D eigenvalue weighted by atomic mass is 10.0. The average molecular weight is 469 g/mol. The predicted octanol–water partition coefficient (Wildman–Crippen LogP) is 5.68. The van der Waals surface area contributed by atoms with Crippen LogP contribution in [0.15, 0.2) is 46.9 Å². The fourth-order valence-corrected chi connectivity index (χ4v) is 5.44. The van der Waals surface area contributed by atoms with Crippen molar-refractivity contribution >= 4 is 33.8 Å². The Balaban J connectivity index is 1.43. The molecule has 1 saturated heterocycles. The van der Waals surface area contributed by atoms with E-state index in [0.29, 0.717) is 28.9 Å². The summed E-state index contributed by atoms with van der Waals surface area (Å²) in [5, 5.41) is 5.83. The molecule has 1 aliphatic rings. The summed E-state index contributed by atoms with van der Waals surface area (Å²) in [5.74, 6) is 1.76.